The number of nitrogen functional groups attached to an aromatic ring is 1. The van der Waals surface area contributed by atoms with E-state index in [0.29, 0.717) is 35.7 Å². The number of imidazole rings is 1. The minimum Gasteiger partial charge on any atom is -0.382 e. The summed E-state index contributed by atoms with van der Waals surface area (Å²) in [7, 11) is 3.86. The Kier molecular flexibility index (Phi) is 8.44. The molecule has 0 spiro atoms. The maximum Gasteiger partial charge on any atom is 0.416 e. The number of nitrogens with zero attached hydrogens (tertiary/aromatic N) is 6. The van der Waals surface area contributed by atoms with Crippen LogP contribution in [0.15, 0.2) is 67.1 Å². The van der Waals surface area contributed by atoms with Gasteiger partial charge in [-0.05, 0) is 57.6 Å². The van der Waals surface area contributed by atoms with Crippen molar-refractivity contribution in [2.24, 2.45) is 0 Å². The number of hydrogen-bond acceptors (Lipinski definition) is 7. The molecule has 1 fully saturated rings. The molecule has 43 heavy (non-hydrogen) atoms. The van der Waals surface area contributed by atoms with E-state index in [2.05, 4.69) is 15.3 Å². The first-order valence-electron chi connectivity index (χ1n) is 13.7. The van der Waals surface area contributed by atoms with E-state index in [0.717, 1.165) is 37.6 Å². The molecule has 0 bridgehead atoms. The molecule has 5 rings (SSSR count). The highest BCUT2D eigenvalue weighted by Crippen LogP contribution is 2.36. The van der Waals surface area contributed by atoms with Crippen molar-refractivity contribution in [3.05, 3.63) is 84.1 Å². The van der Waals surface area contributed by atoms with E-state index in [-0.39, 0.29) is 29.1 Å². The molecule has 1 saturated heterocycles. The van der Waals surface area contributed by atoms with Crippen molar-refractivity contribution in [2.45, 2.75) is 31.5 Å². The van der Waals surface area contributed by atoms with Gasteiger partial charge in [-0.2, -0.15) is 13.2 Å². The van der Waals surface area contributed by atoms with Crippen molar-refractivity contribution in [1.29, 1.82) is 0 Å². The number of nitrogens with one attached hydrogen (secondary N) is 1. The molecular formula is C30H31F3N8O2. The number of likely N-dealkylation sites (N-methyl/N-ethyl adjacent to an activating group) is 1. The van der Waals surface area contributed by atoms with Gasteiger partial charge in [0.1, 0.15) is 28.7 Å². The number of aromatic nitrogens is 4. The quantitative estimate of drug-likeness (QED) is 0.295. The molecule has 13 heteroatoms. The van der Waals surface area contributed by atoms with Crippen LogP contribution in [0.5, 0.6) is 0 Å². The molecule has 224 valence electrons. The first kappa shape index (κ1) is 29.7. The van der Waals surface area contributed by atoms with Gasteiger partial charge in [0, 0.05) is 48.9 Å². The first-order chi connectivity index (χ1) is 20.5. The number of piperidine rings is 1. The lowest BCUT2D eigenvalue weighted by Crippen LogP contribution is -2.38. The molecule has 0 saturated carbocycles. The van der Waals surface area contributed by atoms with E-state index in [1.165, 1.54) is 0 Å². The number of likely N-dealkylation sites (tertiary alicyclic amines) is 1. The van der Waals surface area contributed by atoms with Crippen LogP contribution >= 0.6 is 0 Å². The van der Waals surface area contributed by atoms with E-state index in [4.69, 9.17) is 10.7 Å². The number of halogens is 3. The standard InChI is InChI=1S/C30H31F3N8O2/c1-39(2)15-5-7-24(42)40-16-4-3-6-22(40)28-38-25(26-27(34)36-14-17-41(26)28)19-8-10-20(11-9-19)29(43)37-23-18-21(12-13-35-23)30(31,32)33/h5,7-14,17-18,22H,3-4,6,15-16H2,1-2H3,(H2,34,36)(H,35,37,43). The SMILES string of the molecule is CN(C)CC=CC(=O)N1CCCCC1c1nc(-c2ccc(C(=O)Nc3cc(C(F)(F)F)ccn3)cc2)c2c(N)nccn12. The second-order valence-corrected chi connectivity index (χ2v) is 10.5. The van der Waals surface area contributed by atoms with Crippen molar-refractivity contribution in [2.75, 3.05) is 38.2 Å². The van der Waals surface area contributed by atoms with Crippen LogP contribution in [-0.4, -0.2) is 68.2 Å². The van der Waals surface area contributed by atoms with Crippen LogP contribution in [-0.2, 0) is 11.0 Å². The second kappa shape index (κ2) is 12.2. The van der Waals surface area contributed by atoms with E-state index < -0.39 is 17.6 Å². The number of pyridine rings is 1. The molecule has 3 N–H and O–H groups in total. The smallest absolute Gasteiger partial charge is 0.382 e. The summed E-state index contributed by atoms with van der Waals surface area (Å²) in [6.07, 6.45) is 5.78. The zero-order chi connectivity index (χ0) is 30.7. The number of carbonyl (C=O) groups excluding carboxylic acids is 2. The summed E-state index contributed by atoms with van der Waals surface area (Å²) in [6, 6.07) is 7.78. The fourth-order valence-corrected chi connectivity index (χ4v) is 5.09. The molecule has 1 aliphatic heterocycles. The summed E-state index contributed by atoms with van der Waals surface area (Å²) in [4.78, 5) is 42.8. The van der Waals surface area contributed by atoms with Gasteiger partial charge in [-0.25, -0.2) is 15.0 Å². The monoisotopic (exact) mass is 592 g/mol. The van der Waals surface area contributed by atoms with E-state index in [9.17, 15) is 22.8 Å². The number of rotatable bonds is 7. The van der Waals surface area contributed by atoms with Crippen molar-refractivity contribution >= 4 is 29.0 Å². The maximum atomic E-state index is 13.2. The number of anilines is 2. The number of benzene rings is 1. The average molecular weight is 593 g/mol. The molecule has 1 aliphatic rings. The summed E-state index contributed by atoms with van der Waals surface area (Å²) in [5.74, 6) is 0.000566. The maximum absolute atomic E-state index is 13.2. The van der Waals surface area contributed by atoms with Crippen molar-refractivity contribution < 1.29 is 22.8 Å². The normalized spacial score (nSPS) is 15.9. The van der Waals surface area contributed by atoms with E-state index in [1.54, 1.807) is 42.7 Å². The highest BCUT2D eigenvalue weighted by Gasteiger charge is 2.32. The highest BCUT2D eigenvalue weighted by atomic mass is 19.4. The van der Waals surface area contributed by atoms with Crippen LogP contribution in [0.4, 0.5) is 24.8 Å². The number of nitrogens with two attached hydrogens (primary N) is 1. The van der Waals surface area contributed by atoms with Gasteiger partial charge in [0.15, 0.2) is 0 Å². The van der Waals surface area contributed by atoms with Crippen LogP contribution < -0.4 is 11.1 Å². The Hall–Kier alpha value is -4.78. The topological polar surface area (TPSA) is 122 Å². The molecule has 0 radical (unpaired) electrons. The molecular weight excluding hydrogens is 561 g/mol. The van der Waals surface area contributed by atoms with Crippen molar-refractivity contribution in [3.63, 3.8) is 0 Å². The molecule has 1 atom stereocenters. The Balaban J connectivity index is 1.44. The van der Waals surface area contributed by atoms with Gasteiger partial charge in [0.25, 0.3) is 5.91 Å². The lowest BCUT2D eigenvalue weighted by atomic mass is 10.0. The Labute approximate surface area is 246 Å². The predicted molar refractivity (Wildman–Crippen MR) is 156 cm³/mol. The van der Waals surface area contributed by atoms with Crippen molar-refractivity contribution in [3.8, 4) is 11.3 Å². The van der Waals surface area contributed by atoms with Gasteiger partial charge in [0.05, 0.1) is 11.6 Å². The summed E-state index contributed by atoms with van der Waals surface area (Å²) in [6.45, 7) is 1.25. The van der Waals surface area contributed by atoms with Gasteiger partial charge >= 0.3 is 6.18 Å². The third-order valence-corrected chi connectivity index (χ3v) is 7.17. The van der Waals surface area contributed by atoms with Crippen LogP contribution in [0.1, 0.15) is 47.1 Å². The number of hydrogen-bond donors (Lipinski definition) is 2. The van der Waals surface area contributed by atoms with Gasteiger partial charge < -0.3 is 20.9 Å². The zero-order valence-electron chi connectivity index (χ0n) is 23.7. The van der Waals surface area contributed by atoms with Gasteiger partial charge in [-0.3, -0.25) is 14.0 Å². The summed E-state index contributed by atoms with van der Waals surface area (Å²) >= 11 is 0. The molecule has 4 aromatic rings. The summed E-state index contributed by atoms with van der Waals surface area (Å²) in [5.41, 5.74) is 7.37. The van der Waals surface area contributed by atoms with Gasteiger partial charge in [-0.1, -0.05) is 18.2 Å². The largest absolute Gasteiger partial charge is 0.416 e. The Morgan fingerprint density at radius 3 is 2.60 bits per heavy atom. The lowest BCUT2D eigenvalue weighted by Gasteiger charge is -2.34. The summed E-state index contributed by atoms with van der Waals surface area (Å²) in [5, 5.41) is 2.41. The van der Waals surface area contributed by atoms with Gasteiger partial charge in [0.2, 0.25) is 5.91 Å². The van der Waals surface area contributed by atoms with Crippen LogP contribution in [0.25, 0.3) is 16.8 Å². The lowest BCUT2D eigenvalue weighted by molar-refractivity contribution is -0.137. The minimum absolute atomic E-state index is 0.0856. The van der Waals surface area contributed by atoms with Gasteiger partial charge in [-0.15, -0.1) is 0 Å². The molecule has 10 nitrogen and oxygen atoms in total. The summed E-state index contributed by atoms with van der Waals surface area (Å²) < 4.78 is 41.0. The first-order valence-corrected chi connectivity index (χ1v) is 13.7. The fraction of sp³-hybridized carbons (Fsp3) is 0.300. The number of carbonyl (C=O) groups is 2. The number of fused-ring (bicyclic) bond motifs is 1. The second-order valence-electron chi connectivity index (χ2n) is 10.5. The molecule has 4 heterocycles. The van der Waals surface area contributed by atoms with E-state index >= 15 is 0 Å². The minimum atomic E-state index is -4.56. The molecule has 0 aliphatic carbocycles. The van der Waals surface area contributed by atoms with Crippen molar-refractivity contribution in [1.82, 2.24) is 29.2 Å². The molecule has 1 aromatic carbocycles. The predicted octanol–water partition coefficient (Wildman–Crippen LogP) is 4.82. The fourth-order valence-electron chi connectivity index (χ4n) is 5.09. The Morgan fingerprint density at radius 2 is 1.88 bits per heavy atom. The molecule has 2 amide bonds. The molecule has 1 unspecified atom stereocenters. The third kappa shape index (κ3) is 6.51. The Bertz CT molecular complexity index is 1660. The highest BCUT2D eigenvalue weighted by molar-refractivity contribution is 6.04. The third-order valence-electron chi connectivity index (χ3n) is 7.17. The average Bonchev–Trinajstić information content (AvgIpc) is 3.37. The van der Waals surface area contributed by atoms with Crippen LogP contribution in [0.2, 0.25) is 0 Å². The van der Waals surface area contributed by atoms with Crippen LogP contribution in [0, 0.1) is 0 Å². The van der Waals surface area contributed by atoms with Crippen LogP contribution in [0.3, 0.4) is 0 Å². The number of amides is 2. The van der Waals surface area contributed by atoms with E-state index in [1.807, 2.05) is 34.4 Å². The zero-order valence-corrected chi connectivity index (χ0v) is 23.7. The Morgan fingerprint density at radius 1 is 1.12 bits per heavy atom. The number of alkyl halides is 3. The molecule has 3 aromatic heterocycles.